The Labute approximate surface area is 232 Å². The molecule has 0 atom stereocenters. The second-order valence-corrected chi connectivity index (χ2v) is 15.6. The first kappa shape index (κ1) is 36.0. The maximum Gasteiger partial charge on any atom is 0.294 e. The van der Waals surface area contributed by atoms with E-state index in [-0.39, 0.29) is 16.2 Å². The molecule has 2 aromatic carbocycles. The summed E-state index contributed by atoms with van der Waals surface area (Å²) in [5, 5.41) is 19.0. The molecular weight excluding hydrogens is 519 g/mol. The number of benzene rings is 2. The van der Waals surface area contributed by atoms with E-state index in [4.69, 9.17) is 9.66 Å². The fraction of sp³-hybridized carbons (Fsp3) is 0.567. The number of unbranched alkanes of at least 4 members (excludes halogenated alkanes) is 4. The van der Waals surface area contributed by atoms with Crippen LogP contribution >= 0.6 is 7.26 Å². The molecule has 0 heterocycles. The van der Waals surface area contributed by atoms with E-state index in [1.807, 2.05) is 6.92 Å². The van der Waals surface area contributed by atoms with Crippen molar-refractivity contribution in [2.45, 2.75) is 90.9 Å². The fourth-order valence-electron chi connectivity index (χ4n) is 4.00. The van der Waals surface area contributed by atoms with Crippen LogP contribution in [0.15, 0.2) is 53.4 Å². The molecule has 8 heteroatoms. The van der Waals surface area contributed by atoms with Crippen molar-refractivity contribution in [3.05, 3.63) is 59.7 Å². The molecule has 0 aliphatic carbocycles. The molecule has 0 saturated heterocycles. The van der Waals surface area contributed by atoms with Crippen LogP contribution in [0, 0.1) is 6.92 Å². The molecule has 0 aromatic heterocycles. The Balaban J connectivity index is 0.000000565. The molecule has 0 spiro atoms. The summed E-state index contributed by atoms with van der Waals surface area (Å²) < 4.78 is 29.6. The van der Waals surface area contributed by atoms with Gasteiger partial charge in [0.15, 0.2) is 0 Å². The topological polar surface area (TPSA) is 115 Å². The molecule has 0 unspecified atom stereocenters. The van der Waals surface area contributed by atoms with Gasteiger partial charge in [-0.2, -0.15) is 8.42 Å². The zero-order chi connectivity index (χ0) is 29.0. The van der Waals surface area contributed by atoms with Crippen molar-refractivity contribution >= 4 is 23.3 Å². The number of phenols is 1. The Morgan fingerprint density at radius 3 is 1.45 bits per heavy atom. The molecule has 0 aliphatic rings. The molecule has 2 aromatic rings. The van der Waals surface area contributed by atoms with Gasteiger partial charge in [-0.1, -0.05) is 83.2 Å². The van der Waals surface area contributed by atoms with Crippen molar-refractivity contribution in [3.63, 3.8) is 0 Å². The first-order valence-corrected chi connectivity index (χ1v) is 17.8. The van der Waals surface area contributed by atoms with Gasteiger partial charge in [0.1, 0.15) is 5.75 Å². The lowest BCUT2D eigenvalue weighted by Gasteiger charge is -2.28. The molecule has 0 saturated carbocycles. The Bertz CT molecular complexity index is 968. The van der Waals surface area contributed by atoms with Crippen LogP contribution < -0.4 is 5.11 Å². The number of para-hydroxylation sites is 1. The first-order chi connectivity index (χ1) is 18.0. The molecule has 0 aliphatic heterocycles. The number of rotatable bonds is 14. The zero-order valence-corrected chi connectivity index (χ0v) is 25.7. The van der Waals surface area contributed by atoms with Crippen molar-refractivity contribution in [1.82, 2.24) is 0 Å². The average Bonchev–Trinajstić information content (AvgIpc) is 2.88. The van der Waals surface area contributed by atoms with Gasteiger partial charge in [-0.05, 0) is 56.9 Å². The highest BCUT2D eigenvalue weighted by atomic mass is 32.2. The molecule has 0 fully saturated rings. The van der Waals surface area contributed by atoms with Gasteiger partial charge in [0.25, 0.3) is 10.1 Å². The van der Waals surface area contributed by atoms with Crippen LogP contribution in [0.5, 0.6) is 5.75 Å². The minimum atomic E-state index is -4.02. The molecular formula is C30H49O6PS. The third kappa shape index (κ3) is 15.5. The van der Waals surface area contributed by atoms with Crippen molar-refractivity contribution in [2.75, 3.05) is 24.6 Å². The van der Waals surface area contributed by atoms with Gasteiger partial charge in [0, 0.05) is 12.8 Å². The standard InChI is InChI=1S/C16H36P.C7H8O3S.C7H6O3/c1-5-9-13-17(14-10-6-2,15-11-7-3)16-12-8-4;1-6-2-4-7(5-3-6)11(8,9)10;8-6-4-2-1-3-5(6)7(9)10/h5-16H2,1-4H3;2-5H,1H3,(H,8,9,10);1-4,8H,(H,9,10)/q+1;;/p-1. The van der Waals surface area contributed by atoms with Crippen molar-refractivity contribution < 1.29 is 28.0 Å². The maximum atomic E-state index is 10.5. The summed E-state index contributed by atoms with van der Waals surface area (Å²) in [5.74, 6) is -1.62. The van der Waals surface area contributed by atoms with Crippen molar-refractivity contribution in [1.29, 1.82) is 0 Å². The van der Waals surface area contributed by atoms with E-state index in [0.717, 1.165) is 5.56 Å². The van der Waals surface area contributed by atoms with Gasteiger partial charge in [-0.3, -0.25) is 4.55 Å². The molecule has 6 nitrogen and oxygen atoms in total. The quantitative estimate of drug-likeness (QED) is 0.184. The summed E-state index contributed by atoms with van der Waals surface area (Å²) in [5.41, 5.74) is 0.778. The largest absolute Gasteiger partial charge is 0.545 e. The number of carbonyl (C=O) groups excluding carboxylic acids is 1. The lowest BCUT2D eigenvalue weighted by Crippen LogP contribution is -2.22. The van der Waals surface area contributed by atoms with Crippen LogP contribution in [0.25, 0.3) is 0 Å². The zero-order valence-electron chi connectivity index (χ0n) is 24.0. The summed E-state index contributed by atoms with van der Waals surface area (Å²) in [6, 6.07) is 11.6. The lowest BCUT2D eigenvalue weighted by atomic mass is 10.2. The third-order valence-corrected chi connectivity index (χ3v) is 12.3. The van der Waals surface area contributed by atoms with Crippen LogP contribution in [-0.2, 0) is 10.1 Å². The second kappa shape index (κ2) is 20.0. The van der Waals surface area contributed by atoms with E-state index in [2.05, 4.69) is 27.7 Å². The van der Waals surface area contributed by atoms with Gasteiger partial charge in [0.2, 0.25) is 0 Å². The highest BCUT2D eigenvalue weighted by Gasteiger charge is 2.34. The molecule has 38 heavy (non-hydrogen) atoms. The fourth-order valence-corrected chi connectivity index (χ4v) is 9.77. The normalized spacial score (nSPS) is 11.1. The number of aromatic hydroxyl groups is 1. The average molecular weight is 569 g/mol. The van der Waals surface area contributed by atoms with Crippen LogP contribution in [0.2, 0.25) is 0 Å². The Hall–Kier alpha value is -1.95. The highest BCUT2D eigenvalue weighted by Crippen LogP contribution is 2.61. The third-order valence-electron chi connectivity index (χ3n) is 6.39. The van der Waals surface area contributed by atoms with E-state index in [1.54, 1.807) is 42.8 Å². The van der Waals surface area contributed by atoms with Gasteiger partial charge in [0.05, 0.1) is 35.5 Å². The monoisotopic (exact) mass is 568 g/mol. The number of hydrogen-bond donors (Lipinski definition) is 2. The van der Waals surface area contributed by atoms with E-state index in [9.17, 15) is 18.3 Å². The van der Waals surface area contributed by atoms with E-state index >= 15 is 0 Å². The number of aromatic carboxylic acids is 1. The minimum Gasteiger partial charge on any atom is -0.545 e. The second-order valence-electron chi connectivity index (χ2n) is 9.74. The number of carbonyl (C=O) groups is 1. The van der Waals surface area contributed by atoms with Gasteiger partial charge >= 0.3 is 0 Å². The summed E-state index contributed by atoms with van der Waals surface area (Å²) >= 11 is 0. The predicted octanol–water partition coefficient (Wildman–Crippen LogP) is 7.20. The SMILES string of the molecule is CCCC[P+](CCCC)(CCCC)CCCC.Cc1ccc(S(=O)(=O)O)cc1.O=C([O-])c1ccccc1O. The molecule has 0 radical (unpaired) electrons. The Kier molecular flexibility index (Phi) is 19.0. The summed E-state index contributed by atoms with van der Waals surface area (Å²) in [4.78, 5) is 10.1. The Morgan fingerprint density at radius 2 is 1.16 bits per heavy atom. The van der Waals surface area contributed by atoms with Crippen LogP contribution in [0.3, 0.4) is 0 Å². The minimum absolute atomic E-state index is 0.0666. The van der Waals surface area contributed by atoms with E-state index < -0.39 is 23.3 Å². The van der Waals surface area contributed by atoms with Crippen molar-refractivity contribution in [2.24, 2.45) is 0 Å². The van der Waals surface area contributed by atoms with E-state index in [0.29, 0.717) is 0 Å². The maximum absolute atomic E-state index is 10.5. The van der Waals surface area contributed by atoms with Crippen LogP contribution in [-0.4, -0.2) is 48.7 Å². The summed E-state index contributed by atoms with van der Waals surface area (Å²) in [6.07, 6.45) is 17.9. The van der Waals surface area contributed by atoms with E-state index in [1.165, 1.54) is 81.7 Å². The van der Waals surface area contributed by atoms with Gasteiger partial charge < -0.3 is 15.0 Å². The number of carboxylic acid groups (broad SMARTS) is 1. The van der Waals surface area contributed by atoms with Gasteiger partial charge in [-0.25, -0.2) is 0 Å². The summed E-state index contributed by atoms with van der Waals surface area (Å²) in [6.45, 7) is 11.3. The number of hydrogen-bond acceptors (Lipinski definition) is 5. The van der Waals surface area contributed by atoms with Crippen molar-refractivity contribution in [3.8, 4) is 5.75 Å². The summed E-state index contributed by atoms with van der Waals surface area (Å²) in [7, 11) is -4.58. The predicted molar refractivity (Wildman–Crippen MR) is 159 cm³/mol. The Morgan fingerprint density at radius 1 is 0.763 bits per heavy atom. The number of aryl methyl sites for hydroxylation is 1. The van der Waals surface area contributed by atoms with Crippen LogP contribution in [0.1, 0.15) is 95.0 Å². The molecule has 216 valence electrons. The molecule has 0 amide bonds. The lowest BCUT2D eigenvalue weighted by molar-refractivity contribution is -0.255. The highest BCUT2D eigenvalue weighted by molar-refractivity contribution is 7.85. The first-order valence-electron chi connectivity index (χ1n) is 13.8. The van der Waals surface area contributed by atoms with Crippen LogP contribution in [0.4, 0.5) is 0 Å². The molecule has 2 rings (SSSR count). The van der Waals surface area contributed by atoms with Gasteiger partial charge in [-0.15, -0.1) is 0 Å². The number of carboxylic acids is 1. The molecule has 0 bridgehead atoms. The smallest absolute Gasteiger partial charge is 0.294 e. The molecule has 2 N–H and O–H groups in total.